The normalized spacial score (nSPS) is 27.8. The molecule has 3 aliphatic rings. The van der Waals surface area contributed by atoms with Gasteiger partial charge in [0.1, 0.15) is 0 Å². The summed E-state index contributed by atoms with van der Waals surface area (Å²) in [4.78, 5) is 17.0. The molecule has 138 valence electrons. The average molecular weight is 338 g/mol. The van der Waals surface area contributed by atoms with Gasteiger partial charge >= 0.3 is 6.03 Å². The highest BCUT2D eigenvalue weighted by atomic mass is 16.5. The summed E-state index contributed by atoms with van der Waals surface area (Å²) in [7, 11) is 0. The molecule has 5 heteroatoms. The molecule has 2 saturated heterocycles. The number of ether oxygens (including phenoxy) is 1. The number of nitrogens with zero attached hydrogens (tertiary/aromatic N) is 2. The highest BCUT2D eigenvalue weighted by Gasteiger charge is 2.42. The van der Waals surface area contributed by atoms with Gasteiger partial charge < -0.3 is 19.9 Å². The first-order valence-corrected chi connectivity index (χ1v) is 10.1. The van der Waals surface area contributed by atoms with Crippen LogP contribution in [0.2, 0.25) is 0 Å². The summed E-state index contributed by atoms with van der Waals surface area (Å²) in [5.74, 6) is 0. The van der Waals surface area contributed by atoms with Crippen LogP contribution in [0.3, 0.4) is 0 Å². The summed E-state index contributed by atoms with van der Waals surface area (Å²) >= 11 is 0. The van der Waals surface area contributed by atoms with Crippen LogP contribution < -0.4 is 5.32 Å². The SMILES string of the molecule is CCN(CC)C1CCOC2(CCN(C(=O)NC3CCCC3)CC2)C1. The van der Waals surface area contributed by atoms with Gasteiger partial charge in [0.2, 0.25) is 0 Å². The maximum absolute atomic E-state index is 12.5. The molecule has 2 aliphatic heterocycles. The molecule has 1 unspecified atom stereocenters. The average Bonchev–Trinajstić information content (AvgIpc) is 3.10. The molecule has 0 aromatic rings. The first kappa shape index (κ1) is 18.0. The largest absolute Gasteiger partial charge is 0.375 e. The van der Waals surface area contributed by atoms with Crippen molar-refractivity contribution in [2.45, 2.75) is 82.9 Å². The molecule has 2 heterocycles. The third-order valence-corrected chi connectivity index (χ3v) is 6.44. The first-order valence-electron chi connectivity index (χ1n) is 10.1. The highest BCUT2D eigenvalue weighted by molar-refractivity contribution is 5.74. The van der Waals surface area contributed by atoms with Gasteiger partial charge in [-0.2, -0.15) is 0 Å². The van der Waals surface area contributed by atoms with E-state index in [4.69, 9.17) is 4.74 Å². The Morgan fingerprint density at radius 1 is 1.17 bits per heavy atom. The van der Waals surface area contributed by atoms with Crippen LogP contribution in [0.1, 0.15) is 65.2 Å². The number of nitrogens with one attached hydrogen (secondary N) is 1. The Morgan fingerprint density at radius 3 is 2.46 bits per heavy atom. The van der Waals surface area contributed by atoms with Crippen LogP contribution in [-0.2, 0) is 4.74 Å². The minimum Gasteiger partial charge on any atom is -0.375 e. The highest BCUT2D eigenvalue weighted by Crippen LogP contribution is 2.36. The number of rotatable bonds is 4. The fourth-order valence-electron chi connectivity index (χ4n) is 4.86. The van der Waals surface area contributed by atoms with Crippen LogP contribution in [0.25, 0.3) is 0 Å². The van der Waals surface area contributed by atoms with E-state index in [1.165, 1.54) is 12.8 Å². The topological polar surface area (TPSA) is 44.8 Å². The Balaban J connectivity index is 1.50. The van der Waals surface area contributed by atoms with Crippen LogP contribution in [-0.4, -0.2) is 66.3 Å². The molecule has 3 fully saturated rings. The van der Waals surface area contributed by atoms with Crippen LogP contribution in [0.5, 0.6) is 0 Å². The standard InChI is InChI=1S/C19H35N3O2/c1-3-21(4-2)17-9-14-24-19(15-17)10-12-22(13-11-19)18(23)20-16-7-5-6-8-16/h16-17H,3-15H2,1-2H3,(H,20,23). The molecule has 2 amide bonds. The molecule has 24 heavy (non-hydrogen) atoms. The number of piperidine rings is 1. The summed E-state index contributed by atoms with van der Waals surface area (Å²) in [5, 5.41) is 3.22. The minimum absolute atomic E-state index is 0.00957. The number of carbonyl (C=O) groups is 1. The lowest BCUT2D eigenvalue weighted by Crippen LogP contribution is -2.56. The Kier molecular flexibility index (Phi) is 6.03. The summed E-state index contributed by atoms with van der Waals surface area (Å²) < 4.78 is 6.25. The quantitative estimate of drug-likeness (QED) is 0.858. The van der Waals surface area contributed by atoms with Gasteiger partial charge in [0, 0.05) is 31.8 Å². The lowest BCUT2D eigenvalue weighted by molar-refractivity contribution is -0.128. The Morgan fingerprint density at radius 2 is 1.83 bits per heavy atom. The summed E-state index contributed by atoms with van der Waals surface area (Å²) in [6.07, 6.45) is 9.08. The van der Waals surface area contributed by atoms with Crippen molar-refractivity contribution in [2.75, 3.05) is 32.8 Å². The molecule has 3 rings (SSSR count). The number of amides is 2. The monoisotopic (exact) mass is 337 g/mol. The molecule has 1 aliphatic carbocycles. The van der Waals surface area contributed by atoms with Crippen molar-refractivity contribution in [1.29, 1.82) is 0 Å². The zero-order valence-corrected chi connectivity index (χ0v) is 15.6. The molecule has 1 spiro atoms. The fourth-order valence-corrected chi connectivity index (χ4v) is 4.86. The predicted molar refractivity (Wildman–Crippen MR) is 96.2 cm³/mol. The van der Waals surface area contributed by atoms with E-state index in [2.05, 4.69) is 24.1 Å². The lowest BCUT2D eigenvalue weighted by atomic mass is 9.82. The van der Waals surface area contributed by atoms with Gasteiger partial charge in [-0.05, 0) is 51.6 Å². The summed E-state index contributed by atoms with van der Waals surface area (Å²) in [6.45, 7) is 9.28. The van der Waals surface area contributed by atoms with Crippen molar-refractivity contribution in [3.63, 3.8) is 0 Å². The number of hydrogen-bond donors (Lipinski definition) is 1. The second kappa shape index (κ2) is 8.05. The molecular formula is C19H35N3O2. The molecule has 1 saturated carbocycles. The van der Waals surface area contributed by atoms with Crippen molar-refractivity contribution in [1.82, 2.24) is 15.1 Å². The molecule has 1 N–H and O–H groups in total. The lowest BCUT2D eigenvalue weighted by Gasteiger charge is -2.48. The Bertz CT molecular complexity index is 411. The van der Waals surface area contributed by atoms with Gasteiger partial charge in [-0.3, -0.25) is 0 Å². The summed E-state index contributed by atoms with van der Waals surface area (Å²) in [6, 6.07) is 1.20. The van der Waals surface area contributed by atoms with E-state index >= 15 is 0 Å². The van der Waals surface area contributed by atoms with E-state index in [9.17, 15) is 4.79 Å². The molecule has 0 radical (unpaired) electrons. The number of carbonyl (C=O) groups excluding carboxylic acids is 1. The zero-order valence-electron chi connectivity index (χ0n) is 15.6. The van der Waals surface area contributed by atoms with Crippen LogP contribution in [0.15, 0.2) is 0 Å². The van der Waals surface area contributed by atoms with E-state index < -0.39 is 0 Å². The predicted octanol–water partition coefficient (Wildman–Crippen LogP) is 2.99. The van der Waals surface area contributed by atoms with Crippen molar-refractivity contribution in [2.24, 2.45) is 0 Å². The molecular weight excluding hydrogens is 302 g/mol. The van der Waals surface area contributed by atoms with E-state index in [1.54, 1.807) is 0 Å². The Hall–Kier alpha value is -0.810. The smallest absolute Gasteiger partial charge is 0.317 e. The number of urea groups is 1. The molecule has 1 atom stereocenters. The minimum atomic E-state index is 0.00957. The third kappa shape index (κ3) is 4.05. The van der Waals surface area contributed by atoms with Crippen LogP contribution in [0, 0.1) is 0 Å². The maximum atomic E-state index is 12.5. The van der Waals surface area contributed by atoms with Gasteiger partial charge in [0.25, 0.3) is 0 Å². The van der Waals surface area contributed by atoms with Gasteiger partial charge in [-0.1, -0.05) is 26.7 Å². The van der Waals surface area contributed by atoms with Gasteiger partial charge in [-0.25, -0.2) is 4.79 Å². The number of likely N-dealkylation sites (tertiary alicyclic amines) is 1. The summed E-state index contributed by atoms with van der Waals surface area (Å²) in [5.41, 5.74) is 0.00957. The first-order chi connectivity index (χ1) is 11.7. The number of hydrogen-bond acceptors (Lipinski definition) is 3. The van der Waals surface area contributed by atoms with E-state index in [0.29, 0.717) is 12.1 Å². The zero-order chi connectivity index (χ0) is 17.0. The van der Waals surface area contributed by atoms with E-state index in [1.807, 2.05) is 4.90 Å². The molecule has 0 aromatic carbocycles. The second-order valence-electron chi connectivity index (χ2n) is 7.82. The van der Waals surface area contributed by atoms with Crippen LogP contribution in [0.4, 0.5) is 4.79 Å². The van der Waals surface area contributed by atoms with Crippen molar-refractivity contribution in [3.05, 3.63) is 0 Å². The third-order valence-electron chi connectivity index (χ3n) is 6.44. The molecule has 0 aromatic heterocycles. The van der Waals surface area contributed by atoms with Crippen LogP contribution >= 0.6 is 0 Å². The maximum Gasteiger partial charge on any atom is 0.317 e. The second-order valence-corrected chi connectivity index (χ2v) is 7.82. The molecule has 0 bridgehead atoms. The van der Waals surface area contributed by atoms with Crippen molar-refractivity contribution in [3.8, 4) is 0 Å². The Labute approximate surface area is 147 Å². The van der Waals surface area contributed by atoms with Crippen molar-refractivity contribution < 1.29 is 9.53 Å². The van der Waals surface area contributed by atoms with Gasteiger partial charge in [-0.15, -0.1) is 0 Å². The van der Waals surface area contributed by atoms with Gasteiger partial charge in [0.15, 0.2) is 0 Å². The van der Waals surface area contributed by atoms with E-state index in [-0.39, 0.29) is 11.6 Å². The van der Waals surface area contributed by atoms with E-state index in [0.717, 1.165) is 71.3 Å². The van der Waals surface area contributed by atoms with Gasteiger partial charge in [0.05, 0.1) is 5.60 Å². The fraction of sp³-hybridized carbons (Fsp3) is 0.947. The van der Waals surface area contributed by atoms with Crippen molar-refractivity contribution >= 4 is 6.03 Å². The molecule has 5 nitrogen and oxygen atoms in total.